The van der Waals surface area contributed by atoms with E-state index in [1.807, 2.05) is 0 Å². The molecule has 1 fully saturated rings. The number of para-hydroxylation sites is 1. The van der Waals surface area contributed by atoms with Crippen molar-refractivity contribution in [3.05, 3.63) is 63.1 Å². The van der Waals surface area contributed by atoms with Crippen molar-refractivity contribution in [1.29, 1.82) is 0 Å². The molecule has 1 saturated carbocycles. The van der Waals surface area contributed by atoms with Crippen LogP contribution in [-0.2, 0) is 26.2 Å². The molecule has 1 N–H and O–H groups in total. The van der Waals surface area contributed by atoms with E-state index < -0.39 is 28.5 Å². The van der Waals surface area contributed by atoms with Crippen LogP contribution in [0, 0.1) is 0 Å². The topological polar surface area (TPSA) is 86.8 Å². The lowest BCUT2D eigenvalue weighted by Gasteiger charge is -2.33. The van der Waals surface area contributed by atoms with E-state index in [1.54, 1.807) is 43.3 Å². The molecule has 0 radical (unpaired) electrons. The number of nitrogens with zero attached hydrogens (tertiary/aromatic N) is 2. The largest absolute Gasteiger partial charge is 0.352 e. The highest BCUT2D eigenvalue weighted by atomic mass is 35.5. The molecular formula is C25H30Cl3N3O4S. The maximum absolute atomic E-state index is 13.6. The fraction of sp³-hybridized carbons (Fsp3) is 0.440. The van der Waals surface area contributed by atoms with Crippen LogP contribution in [-0.4, -0.2) is 50.0 Å². The van der Waals surface area contributed by atoms with Gasteiger partial charge in [0.25, 0.3) is 0 Å². The molecule has 196 valence electrons. The van der Waals surface area contributed by atoms with E-state index in [-0.39, 0.29) is 29.2 Å². The highest BCUT2D eigenvalue weighted by Gasteiger charge is 2.31. The fourth-order valence-electron chi connectivity index (χ4n) is 4.23. The van der Waals surface area contributed by atoms with Gasteiger partial charge in [0.15, 0.2) is 0 Å². The van der Waals surface area contributed by atoms with Gasteiger partial charge in [-0.3, -0.25) is 13.9 Å². The van der Waals surface area contributed by atoms with Gasteiger partial charge in [-0.05, 0) is 49.6 Å². The zero-order valence-corrected chi connectivity index (χ0v) is 23.3. The SMILES string of the molecule is CC(C(=O)NC1CCCCC1)N(Cc1ccc(Cl)c(Cl)c1)C(=O)CN(c1ccccc1Cl)S(C)(=O)=O. The summed E-state index contributed by atoms with van der Waals surface area (Å²) in [4.78, 5) is 28.1. The molecule has 11 heteroatoms. The number of carbonyl (C=O) groups is 2. The smallest absolute Gasteiger partial charge is 0.244 e. The summed E-state index contributed by atoms with van der Waals surface area (Å²) in [5.74, 6) is -0.850. The van der Waals surface area contributed by atoms with Crippen LogP contribution in [0.25, 0.3) is 0 Å². The number of amides is 2. The van der Waals surface area contributed by atoms with Crippen molar-refractivity contribution >= 4 is 62.3 Å². The average molecular weight is 575 g/mol. The number of rotatable bonds is 9. The molecule has 2 aromatic rings. The molecule has 0 aromatic heterocycles. The van der Waals surface area contributed by atoms with Crippen molar-refractivity contribution in [3.63, 3.8) is 0 Å². The third-order valence-electron chi connectivity index (χ3n) is 6.26. The van der Waals surface area contributed by atoms with Gasteiger partial charge >= 0.3 is 0 Å². The predicted octanol–water partition coefficient (Wildman–Crippen LogP) is 5.28. The second kappa shape index (κ2) is 12.5. The van der Waals surface area contributed by atoms with Crippen molar-refractivity contribution < 1.29 is 18.0 Å². The quantitative estimate of drug-likeness (QED) is 0.442. The van der Waals surface area contributed by atoms with Crippen molar-refractivity contribution in [3.8, 4) is 0 Å². The number of anilines is 1. The maximum Gasteiger partial charge on any atom is 0.244 e. The zero-order valence-electron chi connectivity index (χ0n) is 20.2. The van der Waals surface area contributed by atoms with Crippen LogP contribution in [0.1, 0.15) is 44.6 Å². The number of halogens is 3. The third kappa shape index (κ3) is 7.51. The van der Waals surface area contributed by atoms with Gasteiger partial charge in [-0.2, -0.15) is 0 Å². The van der Waals surface area contributed by atoms with Crippen molar-refractivity contribution in [2.24, 2.45) is 0 Å². The summed E-state index contributed by atoms with van der Waals surface area (Å²) >= 11 is 18.5. The Labute approximate surface area is 227 Å². The third-order valence-corrected chi connectivity index (χ3v) is 8.44. The summed E-state index contributed by atoms with van der Waals surface area (Å²) in [5, 5.41) is 3.92. The van der Waals surface area contributed by atoms with Crippen LogP contribution in [0.3, 0.4) is 0 Å². The van der Waals surface area contributed by atoms with Crippen LogP contribution in [0.4, 0.5) is 5.69 Å². The molecule has 2 aromatic carbocycles. The van der Waals surface area contributed by atoms with Gasteiger partial charge in [0.2, 0.25) is 21.8 Å². The standard InChI is InChI=1S/C25H30Cl3N3O4S/c1-17(25(33)29-19-8-4-3-5-9-19)30(15-18-12-13-20(26)22(28)14-18)24(32)16-31(36(2,34)35)23-11-7-6-10-21(23)27/h6-7,10-14,17,19H,3-5,8-9,15-16H2,1-2H3,(H,29,33). The summed E-state index contributed by atoms with van der Waals surface area (Å²) < 4.78 is 26.2. The van der Waals surface area contributed by atoms with E-state index in [1.165, 1.54) is 11.0 Å². The normalized spacial score (nSPS) is 15.2. The predicted molar refractivity (Wildman–Crippen MR) is 145 cm³/mol. The molecule has 1 unspecified atom stereocenters. The first-order valence-corrected chi connectivity index (χ1v) is 14.7. The highest BCUT2D eigenvalue weighted by molar-refractivity contribution is 7.92. The lowest BCUT2D eigenvalue weighted by atomic mass is 9.95. The molecule has 2 amide bonds. The van der Waals surface area contributed by atoms with Gasteiger partial charge in [0.1, 0.15) is 12.6 Å². The average Bonchev–Trinajstić information content (AvgIpc) is 2.83. The minimum atomic E-state index is -3.86. The number of hydrogen-bond donors (Lipinski definition) is 1. The Morgan fingerprint density at radius 1 is 1.00 bits per heavy atom. The molecule has 1 aliphatic carbocycles. The first kappa shape index (κ1) is 28.6. The van der Waals surface area contributed by atoms with E-state index in [2.05, 4.69) is 5.32 Å². The Morgan fingerprint density at radius 2 is 1.67 bits per heavy atom. The lowest BCUT2D eigenvalue weighted by Crippen LogP contribution is -2.53. The molecule has 0 saturated heterocycles. The number of nitrogens with one attached hydrogen (secondary N) is 1. The zero-order chi connectivity index (χ0) is 26.5. The molecule has 1 atom stereocenters. The van der Waals surface area contributed by atoms with Crippen LogP contribution in [0.2, 0.25) is 15.1 Å². The lowest BCUT2D eigenvalue weighted by molar-refractivity contribution is -0.139. The van der Waals surface area contributed by atoms with Gasteiger partial charge in [0.05, 0.1) is 27.0 Å². The number of carbonyl (C=O) groups excluding carboxylic acids is 2. The monoisotopic (exact) mass is 573 g/mol. The molecule has 0 spiro atoms. The summed E-state index contributed by atoms with van der Waals surface area (Å²) in [6.07, 6.45) is 6.04. The van der Waals surface area contributed by atoms with Gasteiger partial charge in [0, 0.05) is 12.6 Å². The minimum Gasteiger partial charge on any atom is -0.352 e. The van der Waals surface area contributed by atoms with Gasteiger partial charge in [-0.15, -0.1) is 0 Å². The molecule has 1 aliphatic rings. The van der Waals surface area contributed by atoms with Crippen molar-refractivity contribution in [1.82, 2.24) is 10.2 Å². The molecule has 0 heterocycles. The first-order valence-electron chi connectivity index (χ1n) is 11.7. The minimum absolute atomic E-state index is 0.0368. The molecular weight excluding hydrogens is 545 g/mol. The highest BCUT2D eigenvalue weighted by Crippen LogP contribution is 2.28. The van der Waals surface area contributed by atoms with Gasteiger partial charge in [-0.25, -0.2) is 8.42 Å². The molecule has 0 aliphatic heterocycles. The Balaban J connectivity index is 1.90. The van der Waals surface area contributed by atoms with E-state index in [4.69, 9.17) is 34.8 Å². The van der Waals surface area contributed by atoms with Gasteiger partial charge < -0.3 is 10.2 Å². The van der Waals surface area contributed by atoms with E-state index in [0.29, 0.717) is 15.6 Å². The number of sulfonamides is 1. The van der Waals surface area contributed by atoms with Crippen LogP contribution in [0.15, 0.2) is 42.5 Å². The number of benzene rings is 2. The van der Waals surface area contributed by atoms with Gasteiger partial charge in [-0.1, -0.05) is 72.3 Å². The Bertz CT molecular complexity index is 1200. The Morgan fingerprint density at radius 3 is 2.28 bits per heavy atom. The van der Waals surface area contributed by atoms with E-state index >= 15 is 0 Å². The summed E-state index contributed by atoms with van der Waals surface area (Å²) in [7, 11) is -3.86. The van der Waals surface area contributed by atoms with Crippen LogP contribution >= 0.6 is 34.8 Å². The fourth-order valence-corrected chi connectivity index (χ4v) is 5.70. The molecule has 3 rings (SSSR count). The maximum atomic E-state index is 13.6. The summed E-state index contributed by atoms with van der Waals surface area (Å²) in [6.45, 7) is 1.15. The second-order valence-electron chi connectivity index (χ2n) is 9.01. The first-order chi connectivity index (χ1) is 17.0. The summed E-state index contributed by atoms with van der Waals surface area (Å²) in [6, 6.07) is 10.5. The number of hydrogen-bond acceptors (Lipinski definition) is 4. The molecule has 0 bridgehead atoms. The van der Waals surface area contributed by atoms with Crippen molar-refractivity contribution in [2.75, 3.05) is 17.1 Å². The molecule has 7 nitrogen and oxygen atoms in total. The Kier molecular flexibility index (Phi) is 9.92. The summed E-state index contributed by atoms with van der Waals surface area (Å²) in [5.41, 5.74) is 0.836. The van der Waals surface area contributed by atoms with E-state index in [9.17, 15) is 18.0 Å². The van der Waals surface area contributed by atoms with Crippen molar-refractivity contribution in [2.45, 2.75) is 57.7 Å². The Hall–Kier alpha value is -2.00. The van der Waals surface area contributed by atoms with Crippen LogP contribution in [0.5, 0.6) is 0 Å². The van der Waals surface area contributed by atoms with E-state index in [0.717, 1.165) is 42.7 Å². The molecule has 36 heavy (non-hydrogen) atoms. The second-order valence-corrected chi connectivity index (χ2v) is 12.1. The van der Waals surface area contributed by atoms with Crippen LogP contribution < -0.4 is 9.62 Å².